The molecule has 4 nitrogen and oxygen atoms in total. The molecule has 0 saturated heterocycles. The van der Waals surface area contributed by atoms with Crippen LogP contribution in [0.3, 0.4) is 0 Å². The number of benzene rings is 1. The van der Waals surface area contributed by atoms with Crippen LogP contribution in [0.1, 0.15) is 12.6 Å². The zero-order valence-electron chi connectivity index (χ0n) is 12.5. The average Bonchev–Trinajstić information content (AvgIpc) is 2.54. The molecule has 0 radical (unpaired) electrons. The molecule has 0 fully saturated rings. The second-order valence-corrected chi connectivity index (χ2v) is 4.28. The number of hydrogen-bond donors (Lipinski definition) is 0. The number of ether oxygens (including phenoxy) is 2. The number of pyridine rings is 1. The molecule has 0 saturated carbocycles. The highest BCUT2D eigenvalue weighted by molar-refractivity contribution is 5.89. The Morgan fingerprint density at radius 3 is 2.67 bits per heavy atom. The number of fused-ring (bicyclic) bond motifs is 1. The summed E-state index contributed by atoms with van der Waals surface area (Å²) in [7, 11) is 3.28. The van der Waals surface area contributed by atoms with Gasteiger partial charge in [0.1, 0.15) is 11.5 Å². The molecular formula is C17H18N2O2. The van der Waals surface area contributed by atoms with Crippen LogP contribution in [0.4, 0.5) is 0 Å². The van der Waals surface area contributed by atoms with E-state index in [0.717, 1.165) is 33.8 Å². The fraction of sp³-hybridized carbons (Fsp3) is 0.176. The first-order valence-corrected chi connectivity index (χ1v) is 6.58. The molecule has 0 atom stereocenters. The van der Waals surface area contributed by atoms with Gasteiger partial charge in [-0.05, 0) is 19.1 Å². The van der Waals surface area contributed by atoms with Crippen molar-refractivity contribution in [2.45, 2.75) is 6.92 Å². The van der Waals surface area contributed by atoms with Crippen molar-refractivity contribution in [2.24, 2.45) is 4.99 Å². The molecule has 0 aliphatic heterocycles. The summed E-state index contributed by atoms with van der Waals surface area (Å²) in [6.07, 6.45) is 5.16. The lowest BCUT2D eigenvalue weighted by Gasteiger charge is -2.10. The van der Waals surface area contributed by atoms with Crippen LogP contribution in [0.25, 0.3) is 16.6 Å². The van der Waals surface area contributed by atoms with Crippen LogP contribution in [-0.2, 0) is 0 Å². The van der Waals surface area contributed by atoms with Gasteiger partial charge in [-0.25, -0.2) is 4.98 Å². The van der Waals surface area contributed by atoms with Crippen LogP contribution in [0.5, 0.6) is 11.5 Å². The maximum absolute atomic E-state index is 5.46. The Morgan fingerprint density at radius 2 is 2.05 bits per heavy atom. The Hall–Kier alpha value is -2.62. The summed E-state index contributed by atoms with van der Waals surface area (Å²) in [6.45, 7) is 5.55. The minimum absolute atomic E-state index is 0.744. The van der Waals surface area contributed by atoms with Gasteiger partial charge in [0, 0.05) is 23.7 Å². The third-order valence-corrected chi connectivity index (χ3v) is 3.05. The SMILES string of the molecule is C=CC=N/C(=C\C)c1cc(OC)c2ccc(OC)cc2n1. The Morgan fingerprint density at radius 1 is 1.24 bits per heavy atom. The molecule has 0 aliphatic rings. The highest BCUT2D eigenvalue weighted by Gasteiger charge is 2.09. The molecule has 2 rings (SSSR count). The molecule has 1 heterocycles. The van der Waals surface area contributed by atoms with E-state index >= 15 is 0 Å². The lowest BCUT2D eigenvalue weighted by atomic mass is 10.1. The molecule has 0 aliphatic carbocycles. The van der Waals surface area contributed by atoms with Crippen LogP contribution in [0.15, 0.2) is 48.0 Å². The van der Waals surface area contributed by atoms with Gasteiger partial charge in [-0.15, -0.1) is 0 Å². The predicted molar refractivity (Wildman–Crippen MR) is 87.2 cm³/mol. The normalized spacial score (nSPS) is 11.9. The summed E-state index contributed by atoms with van der Waals surface area (Å²) in [4.78, 5) is 8.96. The third kappa shape index (κ3) is 3.11. The number of rotatable bonds is 5. The summed E-state index contributed by atoms with van der Waals surface area (Å²) >= 11 is 0. The third-order valence-electron chi connectivity index (χ3n) is 3.05. The number of allylic oxidation sites excluding steroid dienone is 2. The number of hydrogen-bond acceptors (Lipinski definition) is 4. The summed E-state index contributed by atoms with van der Waals surface area (Å²) in [5, 5.41) is 0.935. The van der Waals surface area contributed by atoms with E-state index in [1.54, 1.807) is 26.5 Å². The van der Waals surface area contributed by atoms with E-state index in [0.29, 0.717) is 0 Å². The summed E-state index contributed by atoms with van der Waals surface area (Å²) in [5.74, 6) is 1.51. The predicted octanol–water partition coefficient (Wildman–Crippen LogP) is 3.87. The number of aliphatic imine (C=N–C) groups is 1. The Kier molecular flexibility index (Phi) is 4.72. The molecule has 0 amide bonds. The lowest BCUT2D eigenvalue weighted by Crippen LogP contribution is -1.94. The first-order valence-electron chi connectivity index (χ1n) is 6.58. The minimum atomic E-state index is 0.744. The van der Waals surface area contributed by atoms with Crippen molar-refractivity contribution in [3.63, 3.8) is 0 Å². The van der Waals surface area contributed by atoms with Crippen LogP contribution in [-0.4, -0.2) is 25.4 Å². The van der Waals surface area contributed by atoms with Gasteiger partial charge in [-0.2, -0.15) is 0 Å². The van der Waals surface area contributed by atoms with Gasteiger partial charge in [-0.1, -0.05) is 18.7 Å². The molecule has 2 aromatic rings. The smallest absolute Gasteiger partial charge is 0.130 e. The highest BCUT2D eigenvalue weighted by Crippen LogP contribution is 2.30. The van der Waals surface area contributed by atoms with Crippen LogP contribution in [0.2, 0.25) is 0 Å². The van der Waals surface area contributed by atoms with Gasteiger partial charge in [0.2, 0.25) is 0 Å². The average molecular weight is 282 g/mol. The highest BCUT2D eigenvalue weighted by atomic mass is 16.5. The van der Waals surface area contributed by atoms with Crippen molar-refractivity contribution in [3.8, 4) is 11.5 Å². The summed E-state index contributed by atoms with van der Waals surface area (Å²) < 4.78 is 10.7. The topological polar surface area (TPSA) is 43.7 Å². The maximum atomic E-state index is 5.46. The zero-order chi connectivity index (χ0) is 15.2. The summed E-state index contributed by atoms with van der Waals surface area (Å²) in [5.41, 5.74) is 2.31. The number of aromatic nitrogens is 1. The Bertz CT molecular complexity index is 718. The van der Waals surface area contributed by atoms with Gasteiger partial charge in [0.05, 0.1) is 31.1 Å². The van der Waals surface area contributed by atoms with E-state index in [-0.39, 0.29) is 0 Å². The zero-order valence-corrected chi connectivity index (χ0v) is 12.5. The van der Waals surface area contributed by atoms with Crippen LogP contribution in [0, 0.1) is 0 Å². The van der Waals surface area contributed by atoms with E-state index in [1.165, 1.54) is 0 Å². The van der Waals surface area contributed by atoms with E-state index in [2.05, 4.69) is 16.6 Å². The Balaban J connectivity index is 2.64. The largest absolute Gasteiger partial charge is 0.497 e. The summed E-state index contributed by atoms with van der Waals surface area (Å²) in [6, 6.07) is 7.58. The van der Waals surface area contributed by atoms with Crippen molar-refractivity contribution >= 4 is 22.8 Å². The van der Waals surface area contributed by atoms with E-state index in [9.17, 15) is 0 Å². The van der Waals surface area contributed by atoms with Crippen LogP contribution < -0.4 is 9.47 Å². The molecule has 0 spiro atoms. The van der Waals surface area contributed by atoms with Crippen molar-refractivity contribution in [1.29, 1.82) is 0 Å². The van der Waals surface area contributed by atoms with Gasteiger partial charge in [-0.3, -0.25) is 4.99 Å². The second kappa shape index (κ2) is 6.70. The lowest BCUT2D eigenvalue weighted by molar-refractivity contribution is 0.414. The molecule has 108 valence electrons. The molecule has 0 unspecified atom stereocenters. The van der Waals surface area contributed by atoms with Crippen molar-refractivity contribution in [2.75, 3.05) is 14.2 Å². The van der Waals surface area contributed by atoms with Crippen molar-refractivity contribution < 1.29 is 9.47 Å². The van der Waals surface area contributed by atoms with Crippen molar-refractivity contribution in [1.82, 2.24) is 4.98 Å². The molecule has 0 N–H and O–H groups in total. The van der Waals surface area contributed by atoms with Gasteiger partial charge < -0.3 is 9.47 Å². The molecule has 21 heavy (non-hydrogen) atoms. The molecular weight excluding hydrogens is 264 g/mol. The van der Waals surface area contributed by atoms with Gasteiger partial charge >= 0.3 is 0 Å². The van der Waals surface area contributed by atoms with E-state index in [4.69, 9.17) is 9.47 Å². The second-order valence-electron chi connectivity index (χ2n) is 4.28. The molecule has 4 heteroatoms. The molecule has 1 aromatic carbocycles. The van der Waals surface area contributed by atoms with Gasteiger partial charge in [0.25, 0.3) is 0 Å². The van der Waals surface area contributed by atoms with E-state index in [1.807, 2.05) is 37.3 Å². The molecule has 1 aromatic heterocycles. The van der Waals surface area contributed by atoms with Gasteiger partial charge in [0.15, 0.2) is 0 Å². The first-order chi connectivity index (χ1) is 10.2. The first kappa shape index (κ1) is 14.8. The Labute approximate surface area is 124 Å². The quantitative estimate of drug-likeness (QED) is 0.782. The van der Waals surface area contributed by atoms with E-state index < -0.39 is 0 Å². The fourth-order valence-corrected chi connectivity index (χ4v) is 2.02. The van der Waals surface area contributed by atoms with Crippen LogP contribution >= 0.6 is 0 Å². The number of methoxy groups -OCH3 is 2. The molecule has 0 bridgehead atoms. The maximum Gasteiger partial charge on any atom is 0.130 e. The number of nitrogens with zero attached hydrogens (tertiary/aromatic N) is 2. The fourth-order valence-electron chi connectivity index (χ4n) is 2.02. The van der Waals surface area contributed by atoms with Crippen molar-refractivity contribution in [3.05, 3.63) is 48.7 Å². The minimum Gasteiger partial charge on any atom is -0.497 e. The standard InChI is InChI=1S/C17H18N2O2/c1-5-9-18-14(6-2)16-11-17(21-4)13-8-7-12(20-3)10-15(13)19-16/h5-11H,1H2,2-4H3/b14-6-,18-9?. The monoisotopic (exact) mass is 282 g/mol.